The second kappa shape index (κ2) is 12.3. The van der Waals surface area contributed by atoms with Gasteiger partial charge in [-0.1, -0.05) is 5.16 Å². The predicted octanol–water partition coefficient (Wildman–Crippen LogP) is 1.59. The molecule has 2 atom stereocenters. The molecule has 4 heterocycles. The zero-order valence-corrected chi connectivity index (χ0v) is 23.7. The number of carbonyl (C=O) groups excluding carboxylic acids is 3. The maximum atomic E-state index is 13.3. The summed E-state index contributed by atoms with van der Waals surface area (Å²) in [5, 5.41) is 26.8. The summed E-state index contributed by atoms with van der Waals surface area (Å²) < 4.78 is 0. The van der Waals surface area contributed by atoms with E-state index in [4.69, 9.17) is 15.8 Å². The molecular weight excluding hydrogens is 570 g/mol. The molecule has 3 fully saturated rings. The number of β-lactam (4-membered cyclic amide) rings is 1. The van der Waals surface area contributed by atoms with Crippen molar-refractivity contribution >= 4 is 57.6 Å². The van der Waals surface area contributed by atoms with E-state index in [0.717, 1.165) is 41.9 Å². The van der Waals surface area contributed by atoms with Crippen molar-refractivity contribution in [3.63, 3.8) is 0 Å². The lowest BCUT2D eigenvalue weighted by Crippen LogP contribution is -2.71. The van der Waals surface area contributed by atoms with Gasteiger partial charge in [-0.2, -0.15) is 5.26 Å². The van der Waals surface area contributed by atoms with Gasteiger partial charge in [-0.3, -0.25) is 19.3 Å². The molecule has 3 aliphatic heterocycles. The number of aliphatic carboxylic acids is 1. The highest BCUT2D eigenvalue weighted by Crippen LogP contribution is 2.41. The highest BCUT2D eigenvalue weighted by atomic mass is 32.2. The quantitative estimate of drug-likeness (QED) is 0.163. The number of hydrogen-bond acceptors (Lipinski definition) is 11. The molecule has 3 amide bonds. The standard InChI is InChI=1S/C26H29N7O6S2/c27-8-4-10-32-9-3-5-14(22(32)35)11-15-12-40-24-19(23(36)33(24)20(15)25(37)38)30-21(34)18(17-13-41-26(28)29-17)31-39-16-6-1-2-7-16/h11,13,16,19,24H,1-7,9-10,12H2,(H2,28,29)(H,30,34)(H,37,38)/b14-11+,31-18-/t19-,24-/m1/s1. The zero-order chi connectivity index (χ0) is 29.1. The third-order valence-electron chi connectivity index (χ3n) is 7.34. The highest BCUT2D eigenvalue weighted by Gasteiger charge is 2.54. The Hall–Kier alpha value is -3.90. The number of hydrogen-bond donors (Lipinski definition) is 3. The summed E-state index contributed by atoms with van der Waals surface area (Å²) >= 11 is 2.44. The molecule has 13 nitrogen and oxygen atoms in total. The molecule has 4 aliphatic rings. The fraction of sp³-hybridized carbons (Fsp3) is 0.500. The first-order valence-corrected chi connectivity index (χ1v) is 15.2. The summed E-state index contributed by atoms with van der Waals surface area (Å²) in [7, 11) is 0. The molecule has 1 aromatic rings. The van der Waals surface area contributed by atoms with Crippen LogP contribution < -0.4 is 11.1 Å². The van der Waals surface area contributed by atoms with Gasteiger partial charge < -0.3 is 25.9 Å². The average Bonchev–Trinajstić information content (AvgIpc) is 3.64. The van der Waals surface area contributed by atoms with E-state index in [1.807, 2.05) is 6.07 Å². The number of nitrogen functional groups attached to an aromatic ring is 1. The number of nitrogens with zero attached hydrogens (tertiary/aromatic N) is 5. The molecule has 15 heteroatoms. The van der Waals surface area contributed by atoms with Gasteiger partial charge >= 0.3 is 5.97 Å². The van der Waals surface area contributed by atoms with Crippen LogP contribution in [0.4, 0.5) is 5.13 Å². The van der Waals surface area contributed by atoms with Crippen LogP contribution in [0.15, 0.2) is 33.5 Å². The lowest BCUT2D eigenvalue weighted by Gasteiger charge is -2.49. The third kappa shape index (κ3) is 5.94. The van der Waals surface area contributed by atoms with E-state index < -0.39 is 29.2 Å². The minimum absolute atomic E-state index is 0.103. The number of rotatable bonds is 9. The Morgan fingerprint density at radius 1 is 1.32 bits per heavy atom. The van der Waals surface area contributed by atoms with Crippen LogP contribution in [0, 0.1) is 11.3 Å². The zero-order valence-electron chi connectivity index (χ0n) is 22.1. The summed E-state index contributed by atoms with van der Waals surface area (Å²) in [6.07, 6.45) is 6.54. The molecule has 0 spiro atoms. The van der Waals surface area contributed by atoms with Crippen molar-refractivity contribution < 1.29 is 29.1 Å². The van der Waals surface area contributed by atoms with Gasteiger partial charge in [0.15, 0.2) is 10.8 Å². The summed E-state index contributed by atoms with van der Waals surface area (Å²) in [5.41, 5.74) is 6.48. The minimum Gasteiger partial charge on any atom is -0.477 e. The van der Waals surface area contributed by atoms with Crippen molar-refractivity contribution in [2.75, 3.05) is 24.6 Å². The highest BCUT2D eigenvalue weighted by molar-refractivity contribution is 8.00. The van der Waals surface area contributed by atoms with Gasteiger partial charge in [0.05, 0.1) is 12.5 Å². The average molecular weight is 600 g/mol. The van der Waals surface area contributed by atoms with Crippen molar-refractivity contribution in [1.29, 1.82) is 5.26 Å². The van der Waals surface area contributed by atoms with Crippen molar-refractivity contribution in [1.82, 2.24) is 20.1 Å². The van der Waals surface area contributed by atoms with Crippen molar-refractivity contribution in [2.45, 2.75) is 62.5 Å². The van der Waals surface area contributed by atoms with Crippen LogP contribution in [0.25, 0.3) is 0 Å². The Bertz CT molecular complexity index is 1390. The van der Waals surface area contributed by atoms with Crippen LogP contribution in [-0.2, 0) is 24.0 Å². The lowest BCUT2D eigenvalue weighted by molar-refractivity contribution is -0.150. The summed E-state index contributed by atoms with van der Waals surface area (Å²) in [5.74, 6) is -2.55. The number of thiazole rings is 1. The number of carboxylic acids is 1. The predicted molar refractivity (Wildman–Crippen MR) is 150 cm³/mol. The third-order valence-corrected chi connectivity index (χ3v) is 9.32. The van der Waals surface area contributed by atoms with E-state index in [2.05, 4.69) is 15.5 Å². The Morgan fingerprint density at radius 3 is 2.78 bits per heavy atom. The number of allylic oxidation sites excluding steroid dienone is 1. The monoisotopic (exact) mass is 599 g/mol. The Morgan fingerprint density at radius 2 is 2.10 bits per heavy atom. The Kier molecular flexibility index (Phi) is 8.60. The van der Waals surface area contributed by atoms with Gasteiger partial charge in [-0.05, 0) is 50.2 Å². The number of likely N-dealkylation sites (tertiary alicyclic amines) is 1. The molecule has 216 valence electrons. The number of carboxylic acid groups (broad SMARTS) is 1. The van der Waals surface area contributed by atoms with Crippen LogP contribution in [-0.4, -0.2) is 85.7 Å². The van der Waals surface area contributed by atoms with E-state index in [-0.39, 0.29) is 46.4 Å². The first kappa shape index (κ1) is 28.6. The summed E-state index contributed by atoms with van der Waals surface area (Å²) in [6, 6.07) is 1.05. The number of carbonyl (C=O) groups is 4. The van der Waals surface area contributed by atoms with Gasteiger partial charge in [0.1, 0.15) is 28.9 Å². The molecule has 0 aromatic carbocycles. The topological polar surface area (TPSA) is 191 Å². The van der Waals surface area contributed by atoms with Crippen molar-refractivity contribution in [3.05, 3.63) is 34.0 Å². The van der Waals surface area contributed by atoms with E-state index in [9.17, 15) is 24.3 Å². The molecule has 5 rings (SSSR count). The number of anilines is 1. The molecule has 1 aliphatic carbocycles. The first-order chi connectivity index (χ1) is 19.8. The van der Waals surface area contributed by atoms with E-state index in [1.165, 1.54) is 11.8 Å². The molecular formula is C26H29N7O6S2. The molecule has 0 radical (unpaired) electrons. The van der Waals surface area contributed by atoms with Gasteiger partial charge in [-0.25, -0.2) is 9.78 Å². The maximum absolute atomic E-state index is 13.3. The number of nitrogens with one attached hydrogen (secondary N) is 1. The second-order valence-electron chi connectivity index (χ2n) is 10.0. The fourth-order valence-corrected chi connectivity index (χ4v) is 7.15. The molecule has 1 aromatic heterocycles. The lowest BCUT2D eigenvalue weighted by atomic mass is 9.98. The molecule has 0 unspecified atom stereocenters. The van der Waals surface area contributed by atoms with Gasteiger partial charge in [0.2, 0.25) is 5.91 Å². The number of nitrogens with two attached hydrogens (primary N) is 1. The smallest absolute Gasteiger partial charge is 0.352 e. The fourth-order valence-electron chi connectivity index (χ4n) is 5.30. The Labute approximate surface area is 244 Å². The van der Waals surface area contributed by atoms with E-state index in [0.29, 0.717) is 37.1 Å². The molecule has 2 saturated heterocycles. The number of oxime groups is 1. The van der Waals surface area contributed by atoms with Crippen LogP contribution in [0.3, 0.4) is 0 Å². The number of amides is 3. The first-order valence-electron chi connectivity index (χ1n) is 13.3. The molecule has 1 saturated carbocycles. The van der Waals surface area contributed by atoms with Crippen LogP contribution in [0.2, 0.25) is 0 Å². The normalized spacial score (nSPS) is 24.3. The number of piperidine rings is 1. The maximum Gasteiger partial charge on any atom is 0.352 e. The summed E-state index contributed by atoms with van der Waals surface area (Å²) in [6.45, 7) is 0.848. The number of nitriles is 1. The van der Waals surface area contributed by atoms with Gasteiger partial charge in [0.25, 0.3) is 11.8 Å². The number of aromatic nitrogens is 1. The second-order valence-corrected chi connectivity index (χ2v) is 12.0. The summed E-state index contributed by atoms with van der Waals surface area (Å²) in [4.78, 5) is 64.2. The van der Waals surface area contributed by atoms with Crippen LogP contribution in [0.1, 0.15) is 50.6 Å². The van der Waals surface area contributed by atoms with E-state index in [1.54, 1.807) is 16.4 Å². The SMILES string of the molecule is N#CCCN1CCC/C(=C\C2=C(C(=O)O)N3C(=O)[C@@H](NC(=O)/C(=N\OC4CCCC4)c4csc(N)n4)[C@H]3SC2)C1=O. The van der Waals surface area contributed by atoms with Gasteiger partial charge in [0, 0.05) is 29.8 Å². The van der Waals surface area contributed by atoms with Crippen LogP contribution >= 0.6 is 23.1 Å². The minimum atomic E-state index is -1.30. The number of fused-ring (bicyclic) bond motifs is 1. The number of thioether (sulfide) groups is 1. The molecule has 41 heavy (non-hydrogen) atoms. The van der Waals surface area contributed by atoms with Gasteiger partial charge in [-0.15, -0.1) is 23.1 Å². The van der Waals surface area contributed by atoms with Crippen molar-refractivity contribution in [2.24, 2.45) is 5.16 Å². The molecule has 0 bridgehead atoms. The van der Waals surface area contributed by atoms with E-state index >= 15 is 0 Å². The molecule has 4 N–H and O–H groups in total. The van der Waals surface area contributed by atoms with Crippen LogP contribution in [0.5, 0.6) is 0 Å². The van der Waals surface area contributed by atoms with Crippen molar-refractivity contribution in [3.8, 4) is 6.07 Å². The Balaban J connectivity index is 1.33. The largest absolute Gasteiger partial charge is 0.477 e.